The van der Waals surface area contributed by atoms with Crippen molar-refractivity contribution < 1.29 is 52.5 Å². The van der Waals surface area contributed by atoms with E-state index < -0.39 is 0 Å². The average Bonchev–Trinajstić information content (AvgIpc) is 0.823. The molecule has 8 aromatic carbocycles. The Bertz CT molecular complexity index is 5460. The Kier molecular flexibility index (Phi) is 52.3. The van der Waals surface area contributed by atoms with Crippen molar-refractivity contribution in [2.24, 2.45) is 39.9 Å². The topological polar surface area (TPSA) is 150 Å². The van der Waals surface area contributed by atoms with Crippen LogP contribution >= 0.6 is 208 Å². The van der Waals surface area contributed by atoms with Crippen molar-refractivity contribution in [1.82, 2.24) is 19.9 Å². The first-order valence-electron chi connectivity index (χ1n) is 36.9. The molecular formula is C92H84Br8Cl8Fe4N12. The second kappa shape index (κ2) is 58.7. The molecule has 0 saturated carbocycles. The van der Waals surface area contributed by atoms with Crippen LogP contribution in [0.15, 0.2) is 294 Å². The molecule has 0 bridgehead atoms. The summed E-state index contributed by atoms with van der Waals surface area (Å²) in [6.45, 7) is 32.4. The second-order valence-electron chi connectivity index (χ2n) is 26.9. The Morgan fingerprint density at radius 3 is 0.637 bits per heavy atom. The number of halogens is 16. The van der Waals surface area contributed by atoms with Gasteiger partial charge >= 0.3 is 133 Å². The van der Waals surface area contributed by atoms with E-state index in [0.717, 1.165) is 195 Å². The predicted molar refractivity (Wildman–Crippen MR) is 550 cm³/mol. The van der Waals surface area contributed by atoms with Gasteiger partial charge in [-0.25, -0.2) is 19.9 Å². The van der Waals surface area contributed by atoms with Crippen LogP contribution in [-0.2, 0) is 52.5 Å². The molecule has 0 aliphatic heterocycles. The zero-order valence-corrected chi connectivity index (χ0v) is 92.8. The Balaban J connectivity index is 0.000000281. The number of aryl methyl sites for hydroxylation is 8. The molecular weight excluding hydrogens is 2420 g/mol. The van der Waals surface area contributed by atoms with Crippen LogP contribution in [0, 0.1) is 55.4 Å². The van der Waals surface area contributed by atoms with Gasteiger partial charge in [0.1, 0.15) is 0 Å². The van der Waals surface area contributed by atoms with Crippen molar-refractivity contribution >= 4 is 299 Å². The van der Waals surface area contributed by atoms with Crippen molar-refractivity contribution in [2.75, 3.05) is 0 Å². The maximum absolute atomic E-state index is 4.85. The third-order valence-corrected chi connectivity index (χ3v) is 22.4. The summed E-state index contributed by atoms with van der Waals surface area (Å²) < 4.78 is 7.82. The first kappa shape index (κ1) is 110. The molecule has 0 N–H and O–H groups in total. The van der Waals surface area contributed by atoms with Gasteiger partial charge in [0.15, 0.2) is 0 Å². The van der Waals surface area contributed by atoms with E-state index in [1.807, 2.05) is 213 Å². The molecule has 0 spiro atoms. The third-order valence-electron chi connectivity index (χ3n) is 17.3. The quantitative estimate of drug-likeness (QED) is 0.0699. The zero-order valence-electron chi connectivity index (χ0n) is 69.6. The SMILES string of the molecule is CC(=Nc1c(C)cc(C)cc1Br)c1cccc(C(C)=Nc2c(C)cc(C)cc2Br)n1.CC(=Nc1c(C)cccc1Br)c1cccc(C(C)=Nc2c(C)cccc2Br)n1.CC(=Nc1ccc(C)cc1Br)c1cccc(C(C)=Nc2ccc(C)cc2Br)n1.CC(=Nc1ccccc1Br)c1cccc(C(C)=Nc2ccccc2Br)n1.[Cl][Fe][Cl].[Cl][Fe][Cl].[Cl][Fe][Cl].[Cl][Fe][Cl]. The second-order valence-corrected chi connectivity index (χ2v) is 41.0. The fourth-order valence-corrected chi connectivity index (χ4v) is 15.9. The standard InChI is InChI=1S/C25H25Br2N3.2C23H21Br2N3.C21H17Br2N3.8ClH.4Fe/c1-14-10-16(3)24(20(26)12-14)28-18(5)22-8-7-9-23(30-22)19(6)29-25-17(4)11-15(2)13-21(25)27;1-14-8-5-10-18(24)22(14)26-16(3)20-12-7-13-21(28-20)17(4)27-23-15(2)9-6-11-19(23)25;1-14-8-10-22(18(24)12-14)26-16(3)20-6-5-7-21(28-20)17(4)27-23-11-9-15(2)13-19(23)25;1-14(24-20-10-5-3-8-16(20)22)18-12-7-13-19(26-18)15(2)25-21-11-6-4-9-17(21)23;;;;;;;;;;;;/h7-13H,1-6H3;2*5-13H,1-4H3;3-13H,1-2H3;8*1H;;;;/q;;;;;;;;;;;;4*+2/p-8. The average molecular weight is 2500 g/mol. The molecule has 12 rings (SSSR count). The summed E-state index contributed by atoms with van der Waals surface area (Å²) in [5.41, 5.74) is 30.2. The van der Waals surface area contributed by atoms with E-state index in [2.05, 4.69) is 253 Å². The molecule has 0 atom stereocenters. The van der Waals surface area contributed by atoms with Crippen LogP contribution in [-0.4, -0.2) is 65.6 Å². The van der Waals surface area contributed by atoms with Crippen LogP contribution in [0.5, 0.6) is 0 Å². The maximum atomic E-state index is 4.85. The molecule has 12 aromatic rings. The van der Waals surface area contributed by atoms with Crippen molar-refractivity contribution in [1.29, 1.82) is 0 Å². The summed E-state index contributed by atoms with van der Waals surface area (Å²) in [6.07, 6.45) is 0. The monoisotopic (exact) mass is 2490 g/mol. The Morgan fingerprint density at radius 2 is 0.411 bits per heavy atom. The van der Waals surface area contributed by atoms with Crippen LogP contribution in [0.1, 0.15) is 145 Å². The first-order chi connectivity index (χ1) is 59.0. The van der Waals surface area contributed by atoms with Crippen LogP contribution in [0.4, 0.5) is 45.5 Å². The minimum atomic E-state index is 0.194. The van der Waals surface area contributed by atoms with Gasteiger partial charge in [-0.15, -0.1) is 0 Å². The number of para-hydroxylation sites is 4. The molecule has 12 nitrogen and oxygen atoms in total. The third kappa shape index (κ3) is 37.3. The molecule has 0 fully saturated rings. The van der Waals surface area contributed by atoms with Crippen LogP contribution in [0.25, 0.3) is 0 Å². The number of hydrogen-bond acceptors (Lipinski definition) is 12. The fraction of sp³-hybridized carbons (Fsp3) is 0.174. The molecule has 32 heteroatoms. The number of rotatable bonds is 16. The van der Waals surface area contributed by atoms with E-state index in [9.17, 15) is 0 Å². The van der Waals surface area contributed by atoms with Crippen LogP contribution < -0.4 is 0 Å². The molecule has 0 radical (unpaired) electrons. The van der Waals surface area contributed by atoms with Gasteiger partial charge in [-0.3, -0.25) is 39.9 Å². The summed E-state index contributed by atoms with van der Waals surface area (Å²) in [5, 5.41) is 0. The van der Waals surface area contributed by atoms with Crippen molar-refractivity contribution in [3.8, 4) is 0 Å². The molecule has 0 unspecified atom stereocenters. The van der Waals surface area contributed by atoms with Gasteiger partial charge in [0.05, 0.1) is 137 Å². The van der Waals surface area contributed by atoms with Gasteiger partial charge in [-0.1, -0.05) is 97.1 Å². The van der Waals surface area contributed by atoms with Gasteiger partial charge in [0, 0.05) is 35.8 Å². The van der Waals surface area contributed by atoms with Crippen molar-refractivity contribution in [3.63, 3.8) is 0 Å². The number of hydrogen-bond donors (Lipinski definition) is 0. The van der Waals surface area contributed by atoms with Crippen LogP contribution in [0.3, 0.4) is 0 Å². The van der Waals surface area contributed by atoms with Crippen LogP contribution in [0.2, 0.25) is 0 Å². The summed E-state index contributed by atoms with van der Waals surface area (Å²) in [4.78, 5) is 57.3. The van der Waals surface area contributed by atoms with E-state index in [-0.39, 0.29) is 52.5 Å². The summed E-state index contributed by atoms with van der Waals surface area (Å²) in [7, 11) is 38.1. The van der Waals surface area contributed by atoms with Gasteiger partial charge < -0.3 is 0 Å². The molecule has 124 heavy (non-hydrogen) atoms. The molecule has 0 aliphatic rings. The summed E-state index contributed by atoms with van der Waals surface area (Å²) >= 11 is 29.5. The van der Waals surface area contributed by atoms with Gasteiger partial charge in [-0.05, 0) is 404 Å². The molecule has 0 amide bonds. The molecule has 656 valence electrons. The number of aliphatic imine (C=N–C) groups is 8. The van der Waals surface area contributed by atoms with E-state index in [1.54, 1.807) is 0 Å². The predicted octanol–water partition coefficient (Wildman–Crippen LogP) is 35.5. The van der Waals surface area contributed by atoms with Gasteiger partial charge in [0.2, 0.25) is 0 Å². The first-order valence-corrected chi connectivity index (χ1v) is 55.4. The Hall–Kier alpha value is -4.04. The Morgan fingerprint density at radius 1 is 0.210 bits per heavy atom. The van der Waals surface area contributed by atoms with Gasteiger partial charge in [0.25, 0.3) is 0 Å². The van der Waals surface area contributed by atoms with Crippen molar-refractivity contribution in [2.45, 2.75) is 111 Å². The molecule has 4 heterocycles. The number of nitrogens with zero attached hydrogens (tertiary/aromatic N) is 12. The van der Waals surface area contributed by atoms with E-state index >= 15 is 0 Å². The van der Waals surface area contributed by atoms with Gasteiger partial charge in [-0.2, -0.15) is 0 Å². The van der Waals surface area contributed by atoms with E-state index in [1.165, 1.54) is 22.3 Å². The normalized spacial score (nSPS) is 11.9. The molecule has 0 saturated heterocycles. The van der Waals surface area contributed by atoms with Crippen molar-refractivity contribution in [3.05, 3.63) is 344 Å². The minimum absolute atomic E-state index is 0.194. The number of aromatic nitrogens is 4. The summed E-state index contributed by atoms with van der Waals surface area (Å²) in [5.74, 6) is 0. The number of benzene rings is 8. The molecule has 4 aromatic heterocycles. The zero-order chi connectivity index (χ0) is 91.9. The fourth-order valence-electron chi connectivity index (χ4n) is 11.3. The molecule has 0 aliphatic carbocycles. The number of pyridine rings is 4. The van der Waals surface area contributed by atoms with E-state index in [0.29, 0.717) is 0 Å². The Labute approximate surface area is 855 Å². The van der Waals surface area contributed by atoms with E-state index in [4.69, 9.17) is 131 Å². The summed E-state index contributed by atoms with van der Waals surface area (Å²) in [6, 6.07) is 72.4.